The molecule has 26 heavy (non-hydrogen) atoms. The molecular weight excluding hydrogens is 378 g/mol. The molecule has 1 aromatic carbocycles. The van der Waals surface area contributed by atoms with Gasteiger partial charge in [-0.15, -0.1) is 16.8 Å². The summed E-state index contributed by atoms with van der Waals surface area (Å²) in [5.74, 6) is 0. The van der Waals surface area contributed by atoms with Crippen LogP contribution in [0.4, 0.5) is 5.69 Å². The molecule has 2 rings (SSSR count). The number of hydrogen-bond acceptors (Lipinski definition) is 7. The van der Waals surface area contributed by atoms with E-state index in [4.69, 9.17) is 0 Å². The maximum Gasteiger partial charge on any atom is 0.284 e. The van der Waals surface area contributed by atoms with Gasteiger partial charge in [-0.3, -0.25) is 10.1 Å². The zero-order valence-electron chi connectivity index (χ0n) is 14.5. The summed E-state index contributed by atoms with van der Waals surface area (Å²) >= 11 is 1.03. The van der Waals surface area contributed by atoms with Gasteiger partial charge in [0.2, 0.25) is 10.0 Å². The summed E-state index contributed by atoms with van der Waals surface area (Å²) in [5, 5.41) is 19.6. The minimum absolute atomic E-state index is 0.170. The lowest BCUT2D eigenvalue weighted by molar-refractivity contribution is -0.388. The van der Waals surface area contributed by atoms with E-state index in [0.29, 0.717) is 11.7 Å². The van der Waals surface area contributed by atoms with E-state index in [2.05, 4.69) is 21.5 Å². The zero-order valence-corrected chi connectivity index (χ0v) is 16.2. The number of allylic oxidation sites excluding steroid dienone is 1. The van der Waals surface area contributed by atoms with E-state index in [0.717, 1.165) is 17.8 Å². The first-order valence-corrected chi connectivity index (χ1v) is 9.82. The lowest BCUT2D eigenvalue weighted by atomic mass is 10.1. The Kier molecular flexibility index (Phi) is 5.84. The second-order valence-electron chi connectivity index (χ2n) is 6.40. The van der Waals surface area contributed by atoms with Gasteiger partial charge in [-0.1, -0.05) is 6.08 Å². The van der Waals surface area contributed by atoms with Crippen molar-refractivity contribution >= 4 is 27.5 Å². The van der Waals surface area contributed by atoms with E-state index >= 15 is 0 Å². The van der Waals surface area contributed by atoms with E-state index in [1.807, 2.05) is 0 Å². The number of benzene rings is 1. The summed E-state index contributed by atoms with van der Waals surface area (Å²) in [6, 6.07) is 3.77. The van der Waals surface area contributed by atoms with Gasteiger partial charge in [0.15, 0.2) is 5.16 Å². The Morgan fingerprint density at radius 2 is 2.12 bits per heavy atom. The second-order valence-corrected chi connectivity index (χ2v) is 9.09. The minimum Gasteiger partial charge on any atom is -0.304 e. The van der Waals surface area contributed by atoms with Crippen molar-refractivity contribution in [3.05, 3.63) is 47.3 Å². The van der Waals surface area contributed by atoms with Crippen molar-refractivity contribution in [1.29, 1.82) is 0 Å². The highest BCUT2D eigenvalue weighted by molar-refractivity contribution is 7.99. The number of hydrogen-bond donors (Lipinski definition) is 1. The Morgan fingerprint density at radius 3 is 2.69 bits per heavy atom. The van der Waals surface area contributed by atoms with Crippen LogP contribution < -0.4 is 4.72 Å². The number of nitro benzene ring substituents is 1. The highest BCUT2D eigenvalue weighted by Gasteiger charge is 2.26. The Balaban J connectivity index is 2.42. The molecule has 0 radical (unpaired) electrons. The molecule has 1 N–H and O–H groups in total. The van der Waals surface area contributed by atoms with Crippen molar-refractivity contribution in [1.82, 2.24) is 19.5 Å². The Hall–Kier alpha value is -2.24. The molecule has 11 heteroatoms. The fourth-order valence-corrected chi connectivity index (χ4v) is 4.38. The maximum absolute atomic E-state index is 12.4. The van der Waals surface area contributed by atoms with Crippen LogP contribution in [0.15, 0.2) is 52.1 Å². The van der Waals surface area contributed by atoms with Crippen LogP contribution in [-0.2, 0) is 16.6 Å². The summed E-state index contributed by atoms with van der Waals surface area (Å²) in [6.45, 7) is 9.15. The quantitative estimate of drug-likeness (QED) is 0.433. The smallest absolute Gasteiger partial charge is 0.284 e. The predicted molar refractivity (Wildman–Crippen MR) is 97.5 cm³/mol. The average molecular weight is 397 g/mol. The monoisotopic (exact) mass is 397 g/mol. The number of nitrogens with one attached hydrogen (secondary N) is 1. The summed E-state index contributed by atoms with van der Waals surface area (Å²) < 4.78 is 29.0. The molecule has 0 spiro atoms. The SMILES string of the molecule is C=CCn1cnnc1Sc1ccc(S(=O)(=O)NC(C)(C)C)cc1[N+](=O)[O-]. The van der Waals surface area contributed by atoms with E-state index in [9.17, 15) is 18.5 Å². The fraction of sp³-hybridized carbons (Fsp3) is 0.333. The van der Waals surface area contributed by atoms with Crippen LogP contribution in [0.2, 0.25) is 0 Å². The number of rotatable bonds is 7. The van der Waals surface area contributed by atoms with E-state index in [1.165, 1.54) is 18.5 Å². The van der Waals surface area contributed by atoms with Gasteiger partial charge in [0, 0.05) is 18.2 Å². The van der Waals surface area contributed by atoms with Crippen molar-refractivity contribution in [2.45, 2.75) is 47.8 Å². The molecule has 2 aromatic rings. The highest BCUT2D eigenvalue weighted by atomic mass is 32.2. The molecule has 0 amide bonds. The lowest BCUT2D eigenvalue weighted by Gasteiger charge is -2.20. The summed E-state index contributed by atoms with van der Waals surface area (Å²) in [5.41, 5.74) is -1.03. The third kappa shape index (κ3) is 4.90. The van der Waals surface area contributed by atoms with Crippen molar-refractivity contribution in [2.75, 3.05) is 0 Å². The minimum atomic E-state index is -3.88. The Labute approximate surface area is 155 Å². The maximum atomic E-state index is 12.4. The van der Waals surface area contributed by atoms with E-state index in [1.54, 1.807) is 31.4 Å². The summed E-state index contributed by atoms with van der Waals surface area (Å²) in [6.07, 6.45) is 3.14. The molecule has 0 saturated carbocycles. The van der Waals surface area contributed by atoms with Gasteiger partial charge in [-0.25, -0.2) is 13.1 Å². The molecule has 0 fully saturated rings. The van der Waals surface area contributed by atoms with Gasteiger partial charge in [0.1, 0.15) is 6.33 Å². The van der Waals surface area contributed by atoms with Gasteiger partial charge < -0.3 is 4.57 Å². The summed E-state index contributed by atoms with van der Waals surface area (Å²) in [7, 11) is -3.88. The second kappa shape index (κ2) is 7.56. The Morgan fingerprint density at radius 1 is 1.42 bits per heavy atom. The molecule has 0 aliphatic heterocycles. The molecule has 0 atom stereocenters. The van der Waals surface area contributed by atoms with Gasteiger partial charge in [-0.05, 0) is 44.7 Å². The van der Waals surface area contributed by atoms with Crippen LogP contribution in [0, 0.1) is 10.1 Å². The zero-order chi connectivity index (χ0) is 19.5. The molecular formula is C15H19N5O4S2. The first-order valence-electron chi connectivity index (χ1n) is 7.52. The summed E-state index contributed by atoms with van der Waals surface area (Å²) in [4.78, 5) is 10.9. The molecule has 0 saturated heterocycles. The van der Waals surface area contributed by atoms with Crippen LogP contribution in [0.5, 0.6) is 0 Å². The van der Waals surface area contributed by atoms with Crippen LogP contribution in [0.25, 0.3) is 0 Å². The van der Waals surface area contributed by atoms with E-state index < -0.39 is 20.5 Å². The van der Waals surface area contributed by atoms with Gasteiger partial charge >= 0.3 is 0 Å². The van der Waals surface area contributed by atoms with Crippen LogP contribution in [0.3, 0.4) is 0 Å². The van der Waals surface area contributed by atoms with Crippen LogP contribution in [-0.4, -0.2) is 33.6 Å². The molecule has 9 nitrogen and oxygen atoms in total. The number of aromatic nitrogens is 3. The van der Waals surface area contributed by atoms with Gasteiger partial charge in [0.25, 0.3) is 5.69 Å². The first kappa shape index (κ1) is 20.1. The van der Waals surface area contributed by atoms with Crippen molar-refractivity contribution in [2.24, 2.45) is 0 Å². The largest absolute Gasteiger partial charge is 0.304 e. The van der Waals surface area contributed by atoms with Gasteiger partial charge in [0.05, 0.1) is 14.7 Å². The van der Waals surface area contributed by atoms with Crippen LogP contribution in [0.1, 0.15) is 20.8 Å². The van der Waals surface area contributed by atoms with Crippen molar-refractivity contribution in [3.8, 4) is 0 Å². The number of sulfonamides is 1. The Bertz CT molecular complexity index is 932. The lowest BCUT2D eigenvalue weighted by Crippen LogP contribution is -2.40. The van der Waals surface area contributed by atoms with Crippen molar-refractivity contribution < 1.29 is 13.3 Å². The van der Waals surface area contributed by atoms with Crippen molar-refractivity contribution in [3.63, 3.8) is 0 Å². The molecule has 0 bridgehead atoms. The normalized spacial score (nSPS) is 12.1. The molecule has 0 aliphatic carbocycles. The average Bonchev–Trinajstić information content (AvgIpc) is 2.92. The molecule has 1 aromatic heterocycles. The van der Waals surface area contributed by atoms with E-state index in [-0.39, 0.29) is 15.5 Å². The third-order valence-electron chi connectivity index (χ3n) is 2.98. The number of nitro groups is 1. The fourth-order valence-electron chi connectivity index (χ4n) is 2.04. The molecule has 0 aliphatic rings. The molecule has 0 unspecified atom stereocenters. The number of nitrogens with zero attached hydrogens (tertiary/aromatic N) is 4. The van der Waals surface area contributed by atoms with Gasteiger partial charge in [-0.2, -0.15) is 0 Å². The third-order valence-corrected chi connectivity index (χ3v) is 5.80. The standard InChI is InChI=1S/C15H19N5O4S2/c1-5-8-19-10-16-17-14(19)25-13-7-6-11(9-12(13)20(21)22)26(23,24)18-15(2,3)4/h5-7,9-10,18H,1,8H2,2-4H3. The molecule has 1 heterocycles. The highest BCUT2D eigenvalue weighted by Crippen LogP contribution is 2.35. The topological polar surface area (TPSA) is 120 Å². The first-order chi connectivity index (χ1) is 12.0. The molecule has 140 valence electrons. The van der Waals surface area contributed by atoms with Crippen LogP contribution >= 0.6 is 11.8 Å². The predicted octanol–water partition coefficient (Wildman–Crippen LogP) is 2.60.